The van der Waals surface area contributed by atoms with Gasteiger partial charge in [0.25, 0.3) is 0 Å². The zero-order valence-electron chi connectivity index (χ0n) is 12.4. The molecule has 2 aromatic rings. The zero-order chi connectivity index (χ0) is 16.7. The third-order valence-electron chi connectivity index (χ3n) is 3.26. The van der Waals surface area contributed by atoms with E-state index in [0.717, 1.165) is 5.56 Å². The zero-order valence-corrected chi connectivity index (χ0v) is 12.4. The molecule has 118 valence electrons. The number of carbonyl (C=O) groups is 2. The van der Waals surface area contributed by atoms with E-state index in [4.69, 9.17) is 0 Å². The van der Waals surface area contributed by atoms with Gasteiger partial charge < -0.3 is 15.5 Å². The van der Waals surface area contributed by atoms with Crippen LogP contribution in [0.25, 0.3) is 6.08 Å². The first kappa shape index (κ1) is 16.3. The van der Waals surface area contributed by atoms with Gasteiger partial charge in [-0.1, -0.05) is 18.2 Å². The number of hydrogen-bond acceptors (Lipinski definition) is 4. The summed E-state index contributed by atoms with van der Waals surface area (Å²) in [7, 11) is 0. The molecular weight excluding hydrogens is 294 g/mol. The van der Waals surface area contributed by atoms with Crippen molar-refractivity contribution in [3.8, 4) is 11.5 Å². The lowest BCUT2D eigenvalue weighted by Crippen LogP contribution is -2.23. The molecule has 5 nitrogen and oxygen atoms in total. The van der Waals surface area contributed by atoms with Crippen LogP contribution in [0.2, 0.25) is 0 Å². The van der Waals surface area contributed by atoms with E-state index in [-0.39, 0.29) is 23.0 Å². The molecule has 3 N–H and O–H groups in total. The normalized spacial score (nSPS) is 10.6. The van der Waals surface area contributed by atoms with Crippen LogP contribution in [-0.2, 0) is 11.2 Å². The molecule has 0 saturated carbocycles. The van der Waals surface area contributed by atoms with Crippen LogP contribution in [0.1, 0.15) is 21.5 Å². The lowest BCUT2D eigenvalue weighted by Gasteiger charge is -2.03. The van der Waals surface area contributed by atoms with Gasteiger partial charge in [-0.15, -0.1) is 0 Å². The van der Waals surface area contributed by atoms with Gasteiger partial charge in [0.15, 0.2) is 6.29 Å². The van der Waals surface area contributed by atoms with E-state index in [1.54, 1.807) is 36.4 Å². The van der Waals surface area contributed by atoms with Gasteiger partial charge in [-0.2, -0.15) is 0 Å². The minimum absolute atomic E-state index is 0.116. The third kappa shape index (κ3) is 5.00. The average molecular weight is 311 g/mol. The molecule has 2 aromatic carbocycles. The van der Waals surface area contributed by atoms with Crippen molar-refractivity contribution in [1.29, 1.82) is 0 Å². The number of benzene rings is 2. The molecule has 5 heteroatoms. The maximum absolute atomic E-state index is 11.7. The fraction of sp³-hybridized carbons (Fsp3) is 0.111. The van der Waals surface area contributed by atoms with Crippen LogP contribution in [-0.4, -0.2) is 29.0 Å². The predicted molar refractivity (Wildman–Crippen MR) is 87.3 cm³/mol. The number of phenolic OH excluding ortho intramolecular Hbond substituents is 2. The first-order chi connectivity index (χ1) is 11.1. The van der Waals surface area contributed by atoms with E-state index in [1.807, 2.05) is 0 Å². The lowest BCUT2D eigenvalue weighted by atomic mass is 10.1. The van der Waals surface area contributed by atoms with Crippen LogP contribution < -0.4 is 5.32 Å². The van der Waals surface area contributed by atoms with Gasteiger partial charge in [0.05, 0.1) is 5.56 Å². The van der Waals surface area contributed by atoms with Gasteiger partial charge in [0.1, 0.15) is 11.5 Å². The number of nitrogens with one attached hydrogen (secondary N) is 1. The third-order valence-corrected chi connectivity index (χ3v) is 3.26. The molecule has 0 spiro atoms. The Balaban J connectivity index is 1.83. The fourth-order valence-electron chi connectivity index (χ4n) is 1.99. The molecule has 23 heavy (non-hydrogen) atoms. The van der Waals surface area contributed by atoms with Crippen molar-refractivity contribution < 1.29 is 19.8 Å². The highest BCUT2D eigenvalue weighted by Gasteiger charge is 2.01. The van der Waals surface area contributed by atoms with Gasteiger partial charge in [-0.3, -0.25) is 9.59 Å². The standard InChI is InChI=1S/C18H17NO4/c20-12-15-5-1-14(11-17(15)22)4-8-18(23)19-10-9-13-2-6-16(21)7-3-13/h1-8,11-12,21-22H,9-10H2,(H,19,23)/b8-4-. The van der Waals surface area contributed by atoms with Gasteiger partial charge in [-0.25, -0.2) is 0 Å². The van der Waals surface area contributed by atoms with E-state index < -0.39 is 0 Å². The number of phenols is 2. The van der Waals surface area contributed by atoms with Gasteiger partial charge in [0.2, 0.25) is 5.91 Å². The van der Waals surface area contributed by atoms with Crippen LogP contribution in [0.5, 0.6) is 11.5 Å². The highest BCUT2D eigenvalue weighted by atomic mass is 16.3. The molecule has 0 saturated heterocycles. The molecule has 0 bridgehead atoms. The summed E-state index contributed by atoms with van der Waals surface area (Å²) < 4.78 is 0. The Morgan fingerprint density at radius 2 is 1.83 bits per heavy atom. The highest BCUT2D eigenvalue weighted by Crippen LogP contribution is 2.17. The Morgan fingerprint density at radius 3 is 2.48 bits per heavy atom. The van der Waals surface area contributed by atoms with Gasteiger partial charge in [0, 0.05) is 12.6 Å². The Bertz CT molecular complexity index is 720. The van der Waals surface area contributed by atoms with E-state index in [1.165, 1.54) is 18.2 Å². The largest absolute Gasteiger partial charge is 0.508 e. The number of aromatic hydroxyl groups is 2. The lowest BCUT2D eigenvalue weighted by molar-refractivity contribution is -0.116. The van der Waals surface area contributed by atoms with Crippen molar-refractivity contribution in [3.63, 3.8) is 0 Å². The summed E-state index contributed by atoms with van der Waals surface area (Å²) in [5.74, 6) is -0.151. The minimum Gasteiger partial charge on any atom is -0.508 e. The molecule has 1 amide bonds. The summed E-state index contributed by atoms with van der Waals surface area (Å²) in [5, 5.41) is 21.5. The quantitative estimate of drug-likeness (QED) is 0.564. The Morgan fingerprint density at radius 1 is 1.09 bits per heavy atom. The van der Waals surface area contributed by atoms with Crippen LogP contribution >= 0.6 is 0 Å². The van der Waals surface area contributed by atoms with Gasteiger partial charge >= 0.3 is 0 Å². The van der Waals surface area contributed by atoms with Crippen LogP contribution in [0, 0.1) is 0 Å². The molecule has 0 unspecified atom stereocenters. The number of amides is 1. The molecule has 0 aromatic heterocycles. The van der Waals surface area contributed by atoms with E-state index in [9.17, 15) is 19.8 Å². The van der Waals surface area contributed by atoms with Crippen molar-refractivity contribution in [2.45, 2.75) is 6.42 Å². The van der Waals surface area contributed by atoms with E-state index in [0.29, 0.717) is 24.8 Å². The summed E-state index contributed by atoms with van der Waals surface area (Å²) in [6.45, 7) is 0.475. The monoisotopic (exact) mass is 311 g/mol. The van der Waals surface area contributed by atoms with Crippen LogP contribution in [0.4, 0.5) is 0 Å². The number of aldehydes is 1. The number of rotatable bonds is 6. The fourth-order valence-corrected chi connectivity index (χ4v) is 1.99. The van der Waals surface area contributed by atoms with Crippen LogP contribution in [0.15, 0.2) is 48.5 Å². The number of carbonyl (C=O) groups excluding carboxylic acids is 2. The Labute approximate surface area is 133 Å². The molecule has 2 rings (SSSR count). The van der Waals surface area contributed by atoms with Crippen molar-refractivity contribution in [3.05, 3.63) is 65.2 Å². The maximum Gasteiger partial charge on any atom is 0.244 e. The summed E-state index contributed by atoms with van der Waals surface area (Å²) >= 11 is 0. The number of hydrogen-bond donors (Lipinski definition) is 3. The predicted octanol–water partition coefficient (Wildman–Crippen LogP) is 2.28. The highest BCUT2D eigenvalue weighted by molar-refractivity contribution is 5.92. The molecular formula is C18H17NO4. The molecule has 0 aliphatic rings. The van der Waals surface area contributed by atoms with Crippen LogP contribution in [0.3, 0.4) is 0 Å². The smallest absolute Gasteiger partial charge is 0.244 e. The maximum atomic E-state index is 11.7. The van der Waals surface area contributed by atoms with Crippen molar-refractivity contribution in [1.82, 2.24) is 5.32 Å². The molecule has 0 aliphatic carbocycles. The Hall–Kier alpha value is -3.08. The second-order valence-corrected chi connectivity index (χ2v) is 4.98. The first-order valence-electron chi connectivity index (χ1n) is 7.10. The van der Waals surface area contributed by atoms with Crippen molar-refractivity contribution >= 4 is 18.3 Å². The molecule has 0 radical (unpaired) electrons. The topological polar surface area (TPSA) is 86.6 Å². The second kappa shape index (κ2) is 7.79. The molecule has 0 aliphatic heterocycles. The summed E-state index contributed by atoms with van der Waals surface area (Å²) in [5.41, 5.74) is 1.85. The molecule has 0 fully saturated rings. The second-order valence-electron chi connectivity index (χ2n) is 4.98. The minimum atomic E-state index is -0.247. The van der Waals surface area contributed by atoms with E-state index in [2.05, 4.69) is 5.32 Å². The SMILES string of the molecule is O=Cc1ccc(/C=C\C(=O)NCCc2ccc(O)cc2)cc1O. The Kier molecular flexibility index (Phi) is 5.52. The molecule has 0 atom stereocenters. The summed E-state index contributed by atoms with van der Waals surface area (Å²) in [6, 6.07) is 11.4. The van der Waals surface area contributed by atoms with E-state index >= 15 is 0 Å². The summed E-state index contributed by atoms with van der Waals surface area (Å²) in [4.78, 5) is 22.3. The summed E-state index contributed by atoms with van der Waals surface area (Å²) in [6.07, 6.45) is 4.16. The van der Waals surface area contributed by atoms with Gasteiger partial charge in [-0.05, 0) is 47.9 Å². The van der Waals surface area contributed by atoms with Crippen molar-refractivity contribution in [2.24, 2.45) is 0 Å². The molecule has 0 heterocycles. The average Bonchev–Trinajstić information content (AvgIpc) is 2.55. The first-order valence-corrected chi connectivity index (χ1v) is 7.10. The van der Waals surface area contributed by atoms with Crippen molar-refractivity contribution in [2.75, 3.05) is 6.54 Å².